The lowest BCUT2D eigenvalue weighted by Gasteiger charge is -2.03. The zero-order valence-electron chi connectivity index (χ0n) is 9.31. The average molecular weight is 231 g/mol. The van der Waals surface area contributed by atoms with Crippen molar-refractivity contribution in [1.29, 1.82) is 0 Å². The van der Waals surface area contributed by atoms with Crippen molar-refractivity contribution in [3.63, 3.8) is 0 Å². The van der Waals surface area contributed by atoms with Crippen molar-refractivity contribution < 1.29 is 4.79 Å². The van der Waals surface area contributed by atoms with Crippen LogP contribution in [0.15, 0.2) is 48.2 Å². The number of benzene rings is 1. The second-order valence-electron chi connectivity index (χ2n) is 3.81. The van der Waals surface area contributed by atoms with Crippen molar-refractivity contribution in [1.82, 2.24) is 4.90 Å². The predicted octanol–water partition coefficient (Wildman–Crippen LogP) is 2.75. The molecular weight excluding hydrogens is 218 g/mol. The van der Waals surface area contributed by atoms with Crippen LogP contribution in [-0.4, -0.2) is 24.1 Å². The molecule has 0 unspecified atom stereocenters. The van der Waals surface area contributed by atoms with E-state index in [9.17, 15) is 4.79 Å². The Hall–Kier alpha value is -1.48. The number of thioether (sulfide) groups is 1. The van der Waals surface area contributed by atoms with E-state index in [0.29, 0.717) is 0 Å². The van der Waals surface area contributed by atoms with Gasteiger partial charge in [0.05, 0.1) is 0 Å². The summed E-state index contributed by atoms with van der Waals surface area (Å²) in [5.74, 6) is 0. The quantitative estimate of drug-likeness (QED) is 0.730. The lowest BCUT2D eigenvalue weighted by molar-refractivity contribution is -0.107. The van der Waals surface area contributed by atoms with Crippen LogP contribution in [0.25, 0.3) is 4.91 Å². The molecule has 0 N–H and O–H groups in total. The Morgan fingerprint density at radius 1 is 1.19 bits per heavy atom. The van der Waals surface area contributed by atoms with Gasteiger partial charge in [-0.1, -0.05) is 30.3 Å². The Bertz CT molecular complexity index is 460. The van der Waals surface area contributed by atoms with E-state index < -0.39 is 0 Å². The van der Waals surface area contributed by atoms with Gasteiger partial charge in [0.1, 0.15) is 0 Å². The van der Waals surface area contributed by atoms with E-state index >= 15 is 0 Å². The fourth-order valence-electron chi connectivity index (χ4n) is 1.50. The molecule has 0 saturated heterocycles. The van der Waals surface area contributed by atoms with Crippen molar-refractivity contribution in [2.24, 2.45) is 0 Å². The van der Waals surface area contributed by atoms with Crippen molar-refractivity contribution in [2.45, 2.75) is 0 Å². The van der Waals surface area contributed by atoms with Crippen LogP contribution >= 0.6 is 11.8 Å². The molecule has 0 amide bonds. The summed E-state index contributed by atoms with van der Waals surface area (Å²) in [4.78, 5) is 14.6. The molecule has 1 aliphatic heterocycles. The molecule has 3 heteroatoms. The molecule has 0 aliphatic carbocycles. The maximum absolute atomic E-state index is 11.7. The fraction of sp³-hybridized carbons (Fsp3) is 0.154. The second kappa shape index (κ2) is 4.58. The van der Waals surface area contributed by atoms with Gasteiger partial charge < -0.3 is 4.90 Å². The molecule has 1 aromatic rings. The molecule has 0 saturated carbocycles. The smallest absolute Gasteiger partial charge is 0.225 e. The zero-order valence-corrected chi connectivity index (χ0v) is 10.1. The fourth-order valence-corrected chi connectivity index (χ4v) is 2.37. The monoisotopic (exact) mass is 231 g/mol. The molecule has 1 aliphatic rings. The van der Waals surface area contributed by atoms with Crippen LogP contribution in [0, 0.1) is 0 Å². The highest BCUT2D eigenvalue weighted by atomic mass is 32.2. The van der Waals surface area contributed by atoms with Crippen LogP contribution in [0.1, 0.15) is 5.56 Å². The minimum Gasteiger partial charge on any atom is -0.383 e. The van der Waals surface area contributed by atoms with E-state index in [1.807, 2.05) is 61.6 Å². The molecule has 0 radical (unpaired) electrons. The van der Waals surface area contributed by atoms with Gasteiger partial charge in [-0.2, -0.15) is 0 Å². The Balaban J connectivity index is 2.30. The van der Waals surface area contributed by atoms with E-state index in [0.717, 1.165) is 16.0 Å². The minimum absolute atomic E-state index is 0.118. The van der Waals surface area contributed by atoms with Crippen LogP contribution in [0.2, 0.25) is 0 Å². The number of carbonyl (C=O) groups excluding carboxylic acids is 1. The van der Waals surface area contributed by atoms with Gasteiger partial charge in [0.2, 0.25) is 5.12 Å². The van der Waals surface area contributed by atoms with Gasteiger partial charge in [0, 0.05) is 30.8 Å². The van der Waals surface area contributed by atoms with Gasteiger partial charge in [-0.25, -0.2) is 0 Å². The van der Waals surface area contributed by atoms with Crippen LogP contribution in [0.5, 0.6) is 0 Å². The molecule has 2 nitrogen and oxygen atoms in total. The summed E-state index contributed by atoms with van der Waals surface area (Å²) in [6, 6.07) is 9.97. The van der Waals surface area contributed by atoms with Gasteiger partial charge in [0.15, 0.2) is 0 Å². The summed E-state index contributed by atoms with van der Waals surface area (Å²) in [6.45, 7) is 0. The van der Waals surface area contributed by atoms with E-state index in [1.165, 1.54) is 11.8 Å². The average Bonchev–Trinajstić information content (AvgIpc) is 2.61. The molecule has 0 atom stereocenters. The summed E-state index contributed by atoms with van der Waals surface area (Å²) < 4.78 is 0. The van der Waals surface area contributed by atoms with E-state index in [4.69, 9.17) is 0 Å². The number of hydrogen-bond donors (Lipinski definition) is 0. The standard InChI is InChI=1S/C13H13NOS/c1-14(2)9-11-8-12(16-13(11)15)10-6-4-3-5-7-10/h3-9H,1-2H3/b11-9-. The molecule has 16 heavy (non-hydrogen) atoms. The number of allylic oxidation sites excluding steroid dienone is 1. The Labute approximate surface area is 99.6 Å². The zero-order chi connectivity index (χ0) is 11.5. The Morgan fingerprint density at radius 3 is 2.50 bits per heavy atom. The third-order valence-corrected chi connectivity index (χ3v) is 3.18. The van der Waals surface area contributed by atoms with Gasteiger partial charge >= 0.3 is 0 Å². The molecule has 0 bridgehead atoms. The lowest BCUT2D eigenvalue weighted by Crippen LogP contribution is -2.04. The first-order valence-electron chi connectivity index (χ1n) is 5.04. The maximum atomic E-state index is 11.7. The first kappa shape index (κ1) is 11.0. The molecule has 0 fully saturated rings. The number of hydrogen-bond acceptors (Lipinski definition) is 3. The van der Waals surface area contributed by atoms with Crippen LogP contribution < -0.4 is 0 Å². The molecule has 1 heterocycles. The van der Waals surface area contributed by atoms with E-state index in [-0.39, 0.29) is 5.12 Å². The summed E-state index contributed by atoms with van der Waals surface area (Å²) in [6.07, 6.45) is 3.80. The third-order valence-electron chi connectivity index (χ3n) is 2.18. The molecule has 0 aromatic heterocycles. The summed E-state index contributed by atoms with van der Waals surface area (Å²) in [5, 5.41) is 0.118. The lowest BCUT2D eigenvalue weighted by atomic mass is 10.2. The van der Waals surface area contributed by atoms with Crippen LogP contribution in [-0.2, 0) is 4.79 Å². The highest BCUT2D eigenvalue weighted by molar-refractivity contribution is 8.22. The SMILES string of the molecule is CN(C)/C=C1/C=C(c2ccccc2)SC1=O. The highest BCUT2D eigenvalue weighted by Gasteiger charge is 2.20. The molecule has 0 spiro atoms. The Morgan fingerprint density at radius 2 is 1.88 bits per heavy atom. The first-order valence-corrected chi connectivity index (χ1v) is 5.86. The van der Waals surface area contributed by atoms with Gasteiger partial charge in [-0.15, -0.1) is 0 Å². The maximum Gasteiger partial charge on any atom is 0.225 e. The Kier molecular flexibility index (Phi) is 3.15. The van der Waals surface area contributed by atoms with Gasteiger partial charge in [0.25, 0.3) is 0 Å². The number of nitrogens with zero attached hydrogens (tertiary/aromatic N) is 1. The van der Waals surface area contributed by atoms with E-state index in [1.54, 1.807) is 0 Å². The molecular formula is C13H13NOS. The molecule has 1 aromatic carbocycles. The molecule has 82 valence electrons. The number of rotatable bonds is 2. The van der Waals surface area contributed by atoms with E-state index in [2.05, 4.69) is 0 Å². The summed E-state index contributed by atoms with van der Waals surface area (Å²) >= 11 is 1.30. The third kappa shape index (κ3) is 2.36. The highest BCUT2D eigenvalue weighted by Crippen LogP contribution is 2.37. The second-order valence-corrected chi connectivity index (χ2v) is 4.83. The van der Waals surface area contributed by atoms with Crippen LogP contribution in [0.3, 0.4) is 0 Å². The summed E-state index contributed by atoms with van der Waals surface area (Å²) in [5.41, 5.74) is 1.86. The van der Waals surface area contributed by atoms with Gasteiger partial charge in [-0.05, 0) is 23.4 Å². The minimum atomic E-state index is 0.118. The van der Waals surface area contributed by atoms with Crippen LogP contribution in [0.4, 0.5) is 0 Å². The van der Waals surface area contributed by atoms with Crippen molar-refractivity contribution in [3.05, 3.63) is 53.7 Å². The summed E-state index contributed by atoms with van der Waals surface area (Å²) in [7, 11) is 3.83. The van der Waals surface area contributed by atoms with Crippen molar-refractivity contribution in [2.75, 3.05) is 14.1 Å². The van der Waals surface area contributed by atoms with Gasteiger partial charge in [-0.3, -0.25) is 4.79 Å². The normalized spacial score (nSPS) is 17.8. The largest absolute Gasteiger partial charge is 0.383 e. The predicted molar refractivity (Wildman–Crippen MR) is 68.8 cm³/mol. The number of carbonyl (C=O) groups is 1. The topological polar surface area (TPSA) is 20.3 Å². The van der Waals surface area contributed by atoms with Crippen molar-refractivity contribution in [3.8, 4) is 0 Å². The molecule has 2 rings (SSSR count). The van der Waals surface area contributed by atoms with Crippen molar-refractivity contribution >= 4 is 21.8 Å². The first-order chi connectivity index (χ1) is 7.66.